The van der Waals surface area contributed by atoms with E-state index in [1.807, 2.05) is 0 Å². The first kappa shape index (κ1) is 15.9. The molecule has 23 heavy (non-hydrogen) atoms. The van der Waals surface area contributed by atoms with E-state index in [0.29, 0.717) is 5.69 Å². The van der Waals surface area contributed by atoms with Crippen molar-refractivity contribution in [1.29, 1.82) is 5.26 Å². The summed E-state index contributed by atoms with van der Waals surface area (Å²) in [6.07, 6.45) is 1.14. The molecule has 2 aromatic carbocycles. The van der Waals surface area contributed by atoms with Crippen LogP contribution in [0.5, 0.6) is 0 Å². The molecule has 0 saturated carbocycles. The Kier molecular flexibility index (Phi) is 4.79. The van der Waals surface area contributed by atoms with Gasteiger partial charge in [-0.25, -0.2) is 4.39 Å². The van der Waals surface area contributed by atoms with Crippen LogP contribution in [0.1, 0.15) is 5.56 Å². The monoisotopic (exact) mass is 311 g/mol. The Hall–Kier alpha value is -3.53. The molecule has 0 spiro atoms. The first-order chi connectivity index (χ1) is 11.0. The highest BCUT2D eigenvalue weighted by molar-refractivity contribution is 6.09. The van der Waals surface area contributed by atoms with E-state index in [-0.39, 0.29) is 16.8 Å². The first-order valence-corrected chi connectivity index (χ1v) is 6.43. The van der Waals surface area contributed by atoms with Gasteiger partial charge in [0, 0.05) is 11.8 Å². The smallest absolute Gasteiger partial charge is 0.276 e. The van der Waals surface area contributed by atoms with E-state index in [1.54, 1.807) is 12.1 Å². The van der Waals surface area contributed by atoms with Crippen molar-refractivity contribution in [2.45, 2.75) is 0 Å². The first-order valence-electron chi connectivity index (χ1n) is 6.43. The molecule has 0 radical (unpaired) electrons. The van der Waals surface area contributed by atoms with Gasteiger partial charge in [-0.3, -0.25) is 14.9 Å². The number of nitrogens with zero attached hydrogens (tertiary/aromatic N) is 2. The lowest BCUT2D eigenvalue weighted by Gasteiger charge is -2.04. The van der Waals surface area contributed by atoms with Crippen molar-refractivity contribution in [3.05, 3.63) is 75.6 Å². The number of nitriles is 1. The number of carbonyl (C=O) groups excluding carboxylic acids is 1. The van der Waals surface area contributed by atoms with Crippen molar-refractivity contribution >= 4 is 23.4 Å². The molecular formula is C16H10FN3O3. The minimum atomic E-state index is -0.739. The molecule has 7 heteroatoms. The van der Waals surface area contributed by atoms with Crippen LogP contribution in [0, 0.1) is 27.3 Å². The van der Waals surface area contributed by atoms with Crippen LogP contribution in [-0.4, -0.2) is 10.8 Å². The van der Waals surface area contributed by atoms with E-state index in [9.17, 15) is 19.3 Å². The highest BCUT2D eigenvalue weighted by atomic mass is 19.1. The van der Waals surface area contributed by atoms with E-state index >= 15 is 0 Å². The van der Waals surface area contributed by atoms with Gasteiger partial charge in [0.25, 0.3) is 11.6 Å². The molecule has 1 N–H and O–H groups in total. The normalized spacial score (nSPS) is 10.7. The molecule has 0 unspecified atom stereocenters. The molecule has 0 aromatic heterocycles. The lowest BCUT2D eigenvalue weighted by Crippen LogP contribution is -2.13. The number of halogens is 1. The fourth-order valence-electron chi connectivity index (χ4n) is 1.81. The number of nitro groups is 1. The highest BCUT2D eigenvalue weighted by Gasteiger charge is 2.15. The van der Waals surface area contributed by atoms with E-state index in [4.69, 9.17) is 5.26 Å². The third-order valence-electron chi connectivity index (χ3n) is 2.90. The molecule has 0 atom stereocenters. The molecule has 0 heterocycles. The predicted octanol–water partition coefficient (Wildman–Crippen LogP) is 3.28. The van der Waals surface area contributed by atoms with E-state index in [2.05, 4.69) is 5.32 Å². The maximum absolute atomic E-state index is 12.8. The van der Waals surface area contributed by atoms with E-state index < -0.39 is 16.6 Å². The SMILES string of the molecule is N#C/C(=C/c1ccccc1[N+](=O)[O-])C(=O)Nc1ccc(F)cc1. The van der Waals surface area contributed by atoms with Crippen LogP contribution in [0.4, 0.5) is 15.8 Å². The van der Waals surface area contributed by atoms with Crippen LogP contribution >= 0.6 is 0 Å². The Morgan fingerprint density at radius 2 is 1.87 bits per heavy atom. The zero-order valence-corrected chi connectivity index (χ0v) is 11.7. The largest absolute Gasteiger partial charge is 0.321 e. The zero-order chi connectivity index (χ0) is 16.8. The fraction of sp³-hybridized carbons (Fsp3) is 0. The summed E-state index contributed by atoms with van der Waals surface area (Å²) in [6, 6.07) is 12.5. The number of nitro benzene ring substituents is 1. The third kappa shape index (κ3) is 3.98. The van der Waals surface area contributed by atoms with Gasteiger partial charge >= 0.3 is 0 Å². The average Bonchev–Trinajstić information content (AvgIpc) is 2.54. The van der Waals surface area contributed by atoms with Crippen LogP contribution < -0.4 is 5.32 Å². The predicted molar refractivity (Wildman–Crippen MR) is 81.7 cm³/mol. The number of rotatable bonds is 4. The van der Waals surface area contributed by atoms with Crippen molar-refractivity contribution in [2.24, 2.45) is 0 Å². The lowest BCUT2D eigenvalue weighted by molar-refractivity contribution is -0.385. The van der Waals surface area contributed by atoms with Crippen LogP contribution in [0.25, 0.3) is 6.08 Å². The van der Waals surface area contributed by atoms with Gasteiger partial charge < -0.3 is 5.32 Å². The summed E-state index contributed by atoms with van der Waals surface area (Å²) in [7, 11) is 0. The van der Waals surface area contributed by atoms with Gasteiger partial charge in [0.15, 0.2) is 0 Å². The van der Waals surface area contributed by atoms with Crippen molar-refractivity contribution in [2.75, 3.05) is 5.32 Å². The van der Waals surface area contributed by atoms with Gasteiger partial charge in [0.05, 0.1) is 10.5 Å². The lowest BCUT2D eigenvalue weighted by atomic mass is 10.1. The summed E-state index contributed by atoms with van der Waals surface area (Å²) in [4.78, 5) is 22.4. The molecule has 0 bridgehead atoms. The number of carbonyl (C=O) groups is 1. The quantitative estimate of drug-likeness (QED) is 0.405. The molecule has 0 aliphatic carbocycles. The number of para-hydroxylation sites is 1. The number of nitrogens with one attached hydrogen (secondary N) is 1. The zero-order valence-electron chi connectivity index (χ0n) is 11.7. The third-order valence-corrected chi connectivity index (χ3v) is 2.90. The Labute approximate surface area is 130 Å². The fourth-order valence-corrected chi connectivity index (χ4v) is 1.81. The van der Waals surface area contributed by atoms with Crippen LogP contribution in [0.3, 0.4) is 0 Å². The Bertz CT molecular complexity index is 823. The maximum Gasteiger partial charge on any atom is 0.276 e. The van der Waals surface area contributed by atoms with Crippen molar-refractivity contribution in [1.82, 2.24) is 0 Å². The van der Waals surface area contributed by atoms with Crippen LogP contribution in [0.2, 0.25) is 0 Å². The number of benzene rings is 2. The minimum Gasteiger partial charge on any atom is -0.321 e. The molecular weight excluding hydrogens is 301 g/mol. The summed E-state index contributed by atoms with van der Waals surface area (Å²) in [5, 5.41) is 22.5. The maximum atomic E-state index is 12.8. The molecule has 1 amide bonds. The molecule has 6 nitrogen and oxygen atoms in total. The summed E-state index contributed by atoms with van der Waals surface area (Å²) < 4.78 is 12.8. The molecule has 0 aliphatic rings. The van der Waals surface area contributed by atoms with Crippen LogP contribution in [-0.2, 0) is 4.79 Å². The Morgan fingerprint density at radius 1 is 1.22 bits per heavy atom. The van der Waals surface area contributed by atoms with Gasteiger partial charge in [-0.1, -0.05) is 12.1 Å². The number of amides is 1. The van der Waals surface area contributed by atoms with Crippen molar-refractivity contribution in [3.8, 4) is 6.07 Å². The van der Waals surface area contributed by atoms with Crippen molar-refractivity contribution < 1.29 is 14.1 Å². The van der Waals surface area contributed by atoms with Crippen LogP contribution in [0.15, 0.2) is 54.1 Å². The second-order valence-electron chi connectivity index (χ2n) is 4.45. The minimum absolute atomic E-state index is 0.142. The topological polar surface area (TPSA) is 96.0 Å². The molecule has 2 aromatic rings. The summed E-state index contributed by atoms with van der Waals surface area (Å²) in [6.45, 7) is 0. The second-order valence-corrected chi connectivity index (χ2v) is 4.45. The number of hydrogen-bond donors (Lipinski definition) is 1. The molecule has 0 fully saturated rings. The summed E-state index contributed by atoms with van der Waals surface area (Å²) >= 11 is 0. The van der Waals surface area contributed by atoms with E-state index in [0.717, 1.165) is 18.2 Å². The Balaban J connectivity index is 2.29. The van der Waals surface area contributed by atoms with Gasteiger partial charge in [0.2, 0.25) is 0 Å². The van der Waals surface area contributed by atoms with E-state index in [1.165, 1.54) is 30.3 Å². The standard InChI is InChI=1S/C16H10FN3O3/c17-13-5-7-14(8-6-13)19-16(21)12(10-18)9-11-3-1-2-4-15(11)20(22)23/h1-9H,(H,19,21)/b12-9-. The van der Waals surface area contributed by atoms with Crippen molar-refractivity contribution in [3.63, 3.8) is 0 Å². The number of anilines is 1. The van der Waals surface area contributed by atoms with Gasteiger partial charge in [-0.15, -0.1) is 0 Å². The summed E-state index contributed by atoms with van der Waals surface area (Å²) in [5.41, 5.74) is -0.0677. The van der Waals surface area contributed by atoms with Gasteiger partial charge in [-0.2, -0.15) is 5.26 Å². The second kappa shape index (κ2) is 6.95. The van der Waals surface area contributed by atoms with Gasteiger partial charge in [-0.05, 0) is 36.4 Å². The van der Waals surface area contributed by atoms with Gasteiger partial charge in [0.1, 0.15) is 17.5 Å². The molecule has 2 rings (SSSR count). The molecule has 0 saturated heterocycles. The summed E-state index contributed by atoms with van der Waals surface area (Å²) in [5.74, 6) is -1.20. The Morgan fingerprint density at radius 3 is 2.48 bits per heavy atom. The highest BCUT2D eigenvalue weighted by Crippen LogP contribution is 2.21. The average molecular weight is 311 g/mol. The number of hydrogen-bond acceptors (Lipinski definition) is 4. The molecule has 114 valence electrons. The molecule has 0 aliphatic heterocycles.